The van der Waals surface area contributed by atoms with Gasteiger partial charge in [0.2, 0.25) is 0 Å². The van der Waals surface area contributed by atoms with Gasteiger partial charge in [-0.2, -0.15) is 0 Å². The predicted molar refractivity (Wildman–Crippen MR) is 28.6 cm³/mol. The van der Waals surface area contributed by atoms with Crippen LogP contribution in [-0.4, -0.2) is 27.5 Å². The highest BCUT2D eigenvalue weighted by molar-refractivity contribution is 4.78. The molecule has 0 aliphatic rings. The molecule has 0 heterocycles. The van der Waals surface area contributed by atoms with Crippen LogP contribution >= 0.6 is 0 Å². The molecule has 0 saturated carbocycles. The topological polar surface area (TPSA) is 60.7 Å². The quantitative estimate of drug-likeness (QED) is 0.476. The first-order chi connectivity index (χ1) is 3.62. The average molecular weight is 119 g/mol. The maximum atomic E-state index is 8.86. The zero-order chi connectivity index (χ0) is 6.62. The van der Waals surface area contributed by atoms with Crippen LogP contribution in [0.25, 0.3) is 0 Å². The van der Waals surface area contributed by atoms with E-state index in [4.69, 9.17) is 15.3 Å². The first kappa shape index (κ1) is 7.88. The molecular weight excluding hydrogens is 108 g/mol. The second kappa shape index (κ2) is 3.02. The number of aliphatic hydroxyl groups is 3. The van der Waals surface area contributed by atoms with Gasteiger partial charge in [0, 0.05) is 13.0 Å². The predicted octanol–water partition coefficient (Wildman–Crippen LogP) is -0.346. The van der Waals surface area contributed by atoms with Gasteiger partial charge in [-0.05, 0) is 6.92 Å². The minimum atomic E-state index is -1.23. The van der Waals surface area contributed by atoms with Crippen molar-refractivity contribution in [2.24, 2.45) is 0 Å². The molecule has 0 aliphatic heterocycles. The average Bonchev–Trinajstić information content (AvgIpc) is 1.67. The van der Waals surface area contributed by atoms with Gasteiger partial charge in [0.1, 0.15) is 6.61 Å². The Balaban J connectivity index is 3.37. The van der Waals surface area contributed by atoms with Crippen LogP contribution in [0.15, 0.2) is 0 Å². The largest absolute Gasteiger partial charge is 0.396 e. The number of hydrogen-bond donors (Lipinski definition) is 3. The standard InChI is InChI=1S/C5H11O3/c1-5(8,4-7)2-3-6/h4,6-8H,2-3H2,1H3. The van der Waals surface area contributed by atoms with Gasteiger partial charge in [0.05, 0.1) is 5.60 Å². The van der Waals surface area contributed by atoms with Gasteiger partial charge in [-0.1, -0.05) is 0 Å². The van der Waals surface area contributed by atoms with E-state index in [-0.39, 0.29) is 13.0 Å². The highest BCUT2D eigenvalue weighted by Gasteiger charge is 2.17. The summed E-state index contributed by atoms with van der Waals surface area (Å²) in [5.74, 6) is 0. The zero-order valence-corrected chi connectivity index (χ0v) is 4.83. The van der Waals surface area contributed by atoms with Gasteiger partial charge in [-0.3, -0.25) is 0 Å². The van der Waals surface area contributed by atoms with Gasteiger partial charge < -0.3 is 15.3 Å². The van der Waals surface area contributed by atoms with Crippen molar-refractivity contribution in [3.63, 3.8) is 0 Å². The van der Waals surface area contributed by atoms with E-state index >= 15 is 0 Å². The summed E-state index contributed by atoms with van der Waals surface area (Å²) in [5, 5.41) is 25.3. The monoisotopic (exact) mass is 119 g/mol. The van der Waals surface area contributed by atoms with Crippen molar-refractivity contribution in [3.8, 4) is 0 Å². The van der Waals surface area contributed by atoms with Gasteiger partial charge >= 0.3 is 0 Å². The Morgan fingerprint density at radius 3 is 2.25 bits per heavy atom. The molecule has 3 heteroatoms. The Morgan fingerprint density at radius 2 is 2.12 bits per heavy atom. The van der Waals surface area contributed by atoms with Crippen molar-refractivity contribution in [2.45, 2.75) is 18.9 Å². The molecule has 1 radical (unpaired) electrons. The molecule has 1 unspecified atom stereocenters. The molecule has 1 atom stereocenters. The third-order valence-electron chi connectivity index (χ3n) is 0.896. The van der Waals surface area contributed by atoms with Crippen LogP contribution in [-0.2, 0) is 0 Å². The summed E-state index contributed by atoms with van der Waals surface area (Å²) in [6.07, 6.45) is 0.170. The third-order valence-corrected chi connectivity index (χ3v) is 0.896. The fraction of sp³-hybridized carbons (Fsp3) is 0.800. The summed E-state index contributed by atoms with van der Waals surface area (Å²) < 4.78 is 0. The summed E-state index contributed by atoms with van der Waals surface area (Å²) >= 11 is 0. The van der Waals surface area contributed by atoms with Crippen molar-refractivity contribution < 1.29 is 15.3 Å². The Hall–Kier alpha value is -0.120. The molecule has 0 saturated heterocycles. The van der Waals surface area contributed by atoms with Crippen LogP contribution < -0.4 is 0 Å². The fourth-order valence-electron chi connectivity index (χ4n) is 0.291. The molecule has 0 rings (SSSR count). The van der Waals surface area contributed by atoms with E-state index in [1.807, 2.05) is 0 Å². The van der Waals surface area contributed by atoms with Crippen LogP contribution in [0.2, 0.25) is 0 Å². The lowest BCUT2D eigenvalue weighted by atomic mass is 10.1. The lowest BCUT2D eigenvalue weighted by Crippen LogP contribution is -2.25. The highest BCUT2D eigenvalue weighted by Crippen LogP contribution is 2.08. The van der Waals surface area contributed by atoms with Crippen LogP contribution in [0, 0.1) is 6.61 Å². The Kier molecular flexibility index (Phi) is 2.97. The van der Waals surface area contributed by atoms with Gasteiger partial charge in [-0.25, -0.2) is 0 Å². The second-order valence-corrected chi connectivity index (χ2v) is 1.96. The lowest BCUT2D eigenvalue weighted by molar-refractivity contribution is 0.0227. The number of rotatable bonds is 3. The number of aliphatic hydroxyl groups excluding tert-OH is 2. The van der Waals surface area contributed by atoms with Gasteiger partial charge in [0.25, 0.3) is 0 Å². The van der Waals surface area contributed by atoms with E-state index in [2.05, 4.69) is 0 Å². The molecule has 8 heavy (non-hydrogen) atoms. The summed E-state index contributed by atoms with van der Waals surface area (Å²) in [6.45, 7) is 1.97. The van der Waals surface area contributed by atoms with Crippen molar-refractivity contribution in [1.82, 2.24) is 0 Å². The summed E-state index contributed by atoms with van der Waals surface area (Å²) in [5.41, 5.74) is -1.23. The normalized spacial score (nSPS) is 18.0. The maximum absolute atomic E-state index is 8.86. The molecule has 49 valence electrons. The molecule has 3 nitrogen and oxygen atoms in total. The molecule has 0 aromatic rings. The smallest absolute Gasteiger partial charge is 0.111 e. The van der Waals surface area contributed by atoms with Crippen LogP contribution in [0.1, 0.15) is 13.3 Å². The van der Waals surface area contributed by atoms with Crippen molar-refractivity contribution in [3.05, 3.63) is 6.61 Å². The highest BCUT2D eigenvalue weighted by atomic mass is 16.3. The number of hydrogen-bond acceptors (Lipinski definition) is 3. The van der Waals surface area contributed by atoms with Crippen LogP contribution in [0.4, 0.5) is 0 Å². The first-order valence-corrected chi connectivity index (χ1v) is 2.44. The molecule has 0 aliphatic carbocycles. The van der Waals surface area contributed by atoms with E-state index < -0.39 is 5.60 Å². The molecule has 3 N–H and O–H groups in total. The molecule has 0 bridgehead atoms. The minimum absolute atomic E-state index is 0.121. The second-order valence-electron chi connectivity index (χ2n) is 1.96. The molecule has 0 amide bonds. The van der Waals surface area contributed by atoms with E-state index in [1.54, 1.807) is 0 Å². The Morgan fingerprint density at radius 1 is 1.62 bits per heavy atom. The van der Waals surface area contributed by atoms with Crippen molar-refractivity contribution >= 4 is 0 Å². The first-order valence-electron chi connectivity index (χ1n) is 2.44. The Bertz CT molecular complexity index is 60.7. The third kappa shape index (κ3) is 2.96. The van der Waals surface area contributed by atoms with Crippen molar-refractivity contribution in [2.75, 3.05) is 6.61 Å². The molecule has 0 aromatic heterocycles. The zero-order valence-electron chi connectivity index (χ0n) is 4.83. The van der Waals surface area contributed by atoms with Gasteiger partial charge in [0.15, 0.2) is 0 Å². The van der Waals surface area contributed by atoms with Crippen LogP contribution in [0.3, 0.4) is 0 Å². The lowest BCUT2D eigenvalue weighted by Gasteiger charge is -2.16. The molecular formula is C5H11O3. The summed E-state index contributed by atoms with van der Waals surface area (Å²) in [6, 6.07) is 0. The van der Waals surface area contributed by atoms with Crippen molar-refractivity contribution in [1.29, 1.82) is 0 Å². The summed E-state index contributed by atoms with van der Waals surface area (Å²) in [7, 11) is 0. The van der Waals surface area contributed by atoms with E-state index in [0.29, 0.717) is 6.61 Å². The van der Waals surface area contributed by atoms with E-state index in [9.17, 15) is 0 Å². The Labute approximate surface area is 48.6 Å². The van der Waals surface area contributed by atoms with E-state index in [1.165, 1.54) is 6.92 Å². The van der Waals surface area contributed by atoms with E-state index in [0.717, 1.165) is 0 Å². The van der Waals surface area contributed by atoms with Crippen LogP contribution in [0.5, 0.6) is 0 Å². The molecule has 0 aromatic carbocycles. The van der Waals surface area contributed by atoms with Gasteiger partial charge in [-0.15, -0.1) is 0 Å². The SMILES string of the molecule is CC(O)([CH]O)CCO. The minimum Gasteiger partial charge on any atom is -0.396 e. The molecule has 0 spiro atoms. The summed E-state index contributed by atoms with van der Waals surface area (Å²) in [4.78, 5) is 0. The fourth-order valence-corrected chi connectivity index (χ4v) is 0.291. The molecule has 0 fully saturated rings. The maximum Gasteiger partial charge on any atom is 0.111 e.